The molecule has 0 saturated heterocycles. The van der Waals surface area contributed by atoms with Crippen molar-refractivity contribution in [3.8, 4) is 23.0 Å². The lowest BCUT2D eigenvalue weighted by atomic mass is 9.84. The molecule has 0 N–H and O–H groups in total. The fourth-order valence-electron chi connectivity index (χ4n) is 4.58. The van der Waals surface area contributed by atoms with Crippen LogP contribution < -0.4 is 0 Å². The Bertz CT molecular complexity index is 1340. The average molecular weight is 545 g/mol. The Labute approximate surface area is 221 Å². The summed E-state index contributed by atoms with van der Waals surface area (Å²) in [5.74, 6) is 5.58. The third-order valence-electron chi connectivity index (χ3n) is 6.53. The van der Waals surface area contributed by atoms with Gasteiger partial charge in [-0.15, -0.1) is 0 Å². The van der Waals surface area contributed by atoms with Crippen molar-refractivity contribution in [3.05, 3.63) is 92.5 Å². The van der Waals surface area contributed by atoms with E-state index in [1.54, 1.807) is 13.8 Å². The second-order valence-corrected chi connectivity index (χ2v) is 9.95. The molecular weight excluding hydrogens is 516 g/mol. The van der Waals surface area contributed by atoms with Crippen molar-refractivity contribution in [2.24, 2.45) is 5.41 Å². The molecule has 36 heavy (non-hydrogen) atoms. The van der Waals surface area contributed by atoms with Crippen molar-refractivity contribution in [3.63, 3.8) is 0 Å². The van der Waals surface area contributed by atoms with Crippen molar-refractivity contribution in [2.75, 3.05) is 13.2 Å². The second-order valence-electron chi connectivity index (χ2n) is 9.10. The Morgan fingerprint density at radius 3 is 1.92 bits per heavy atom. The Hall–Kier alpha value is -3.36. The average Bonchev–Trinajstić information content (AvgIpc) is 3.28. The van der Waals surface area contributed by atoms with Crippen LogP contribution in [-0.4, -0.2) is 25.2 Å². The summed E-state index contributed by atoms with van der Waals surface area (Å²) in [6.07, 6.45) is 0.379. The fourth-order valence-corrected chi connectivity index (χ4v) is 5.19. The Morgan fingerprint density at radius 2 is 1.36 bits per heavy atom. The number of carbonyl (C=O) groups excluding carboxylic acids is 2. The van der Waals surface area contributed by atoms with Gasteiger partial charge in [0.25, 0.3) is 0 Å². The number of hydrogen-bond donors (Lipinski definition) is 0. The van der Waals surface area contributed by atoms with Crippen LogP contribution in [0.5, 0.6) is 0 Å². The van der Waals surface area contributed by atoms with E-state index in [9.17, 15) is 9.59 Å². The van der Waals surface area contributed by atoms with Gasteiger partial charge in [-0.1, -0.05) is 75.3 Å². The minimum absolute atomic E-state index is 0.177. The van der Waals surface area contributed by atoms with E-state index in [0.29, 0.717) is 0 Å². The number of rotatable bonds is 5. The molecule has 0 amide bonds. The van der Waals surface area contributed by atoms with Crippen LogP contribution in [0.4, 0.5) is 0 Å². The summed E-state index contributed by atoms with van der Waals surface area (Å²) in [5.41, 5.74) is 6.34. The molecule has 0 heterocycles. The predicted octanol–water partition coefficient (Wildman–Crippen LogP) is 6.34. The van der Waals surface area contributed by atoms with Crippen LogP contribution in [0.3, 0.4) is 0 Å². The Morgan fingerprint density at radius 1 is 0.833 bits per heavy atom. The molecule has 0 aliphatic heterocycles. The van der Waals surface area contributed by atoms with E-state index in [4.69, 9.17) is 9.47 Å². The molecule has 0 atom stereocenters. The number of fused-ring (bicyclic) bond motifs is 1. The van der Waals surface area contributed by atoms with Crippen molar-refractivity contribution < 1.29 is 19.1 Å². The van der Waals surface area contributed by atoms with E-state index in [1.165, 1.54) is 5.56 Å². The van der Waals surface area contributed by atoms with Crippen LogP contribution in [0, 0.1) is 31.1 Å². The first-order valence-electron chi connectivity index (χ1n) is 12.1. The zero-order valence-electron chi connectivity index (χ0n) is 21.0. The first-order valence-corrected chi connectivity index (χ1v) is 12.9. The lowest BCUT2D eigenvalue weighted by Gasteiger charge is -2.24. The summed E-state index contributed by atoms with van der Waals surface area (Å²) in [6, 6.07) is 18.4. The van der Waals surface area contributed by atoms with Crippen LogP contribution in [0.25, 0.3) is 11.1 Å². The quantitative estimate of drug-likeness (QED) is 0.213. The van der Waals surface area contributed by atoms with Crippen molar-refractivity contribution in [1.29, 1.82) is 0 Å². The molecule has 0 radical (unpaired) electrons. The number of halogens is 1. The molecule has 3 aromatic rings. The third-order valence-corrected chi connectivity index (χ3v) is 7.24. The zero-order valence-corrected chi connectivity index (χ0v) is 22.6. The van der Waals surface area contributed by atoms with Gasteiger partial charge in [0.2, 0.25) is 0 Å². The van der Waals surface area contributed by atoms with Crippen LogP contribution in [0.15, 0.2) is 59.1 Å². The van der Waals surface area contributed by atoms with Crippen molar-refractivity contribution in [1.82, 2.24) is 0 Å². The van der Waals surface area contributed by atoms with Gasteiger partial charge in [0, 0.05) is 28.4 Å². The highest BCUT2D eigenvalue weighted by Gasteiger charge is 2.54. The summed E-state index contributed by atoms with van der Waals surface area (Å²) >= 11 is 3.72. The predicted molar refractivity (Wildman–Crippen MR) is 145 cm³/mol. The van der Waals surface area contributed by atoms with Gasteiger partial charge in [-0.25, -0.2) is 0 Å². The lowest BCUT2D eigenvalue weighted by Crippen LogP contribution is -2.43. The minimum atomic E-state index is -1.43. The van der Waals surface area contributed by atoms with E-state index in [0.717, 1.165) is 43.4 Å². The molecule has 0 bridgehead atoms. The van der Waals surface area contributed by atoms with Crippen molar-refractivity contribution >= 4 is 27.9 Å². The number of carbonyl (C=O) groups is 2. The molecule has 0 aromatic heterocycles. The third kappa shape index (κ3) is 4.96. The first-order chi connectivity index (χ1) is 17.3. The SMILES string of the molecule is CCOC(=O)C1(C(=O)OCC)Cc2c(Br)cc(-c3ccc(C)cc3)c(C#Cc3ccc(C)cc3)c2C1. The maximum atomic E-state index is 13.2. The number of esters is 2. The van der Waals surface area contributed by atoms with Crippen molar-refractivity contribution in [2.45, 2.75) is 40.5 Å². The number of aryl methyl sites for hydroxylation is 2. The molecule has 0 spiro atoms. The maximum Gasteiger partial charge on any atom is 0.324 e. The summed E-state index contributed by atoms with van der Waals surface area (Å²) in [7, 11) is 0. The van der Waals surface area contributed by atoms with E-state index >= 15 is 0 Å². The van der Waals surface area contributed by atoms with Gasteiger partial charge >= 0.3 is 11.9 Å². The molecular formula is C31H29BrO4. The number of ether oxygens (including phenoxy) is 2. The van der Waals surface area contributed by atoms with Crippen LogP contribution in [-0.2, 0) is 31.9 Å². The molecule has 3 aromatic carbocycles. The van der Waals surface area contributed by atoms with Crippen LogP contribution in [0.1, 0.15) is 47.2 Å². The van der Waals surface area contributed by atoms with Gasteiger partial charge in [0.15, 0.2) is 5.41 Å². The number of hydrogen-bond acceptors (Lipinski definition) is 4. The van der Waals surface area contributed by atoms with E-state index in [-0.39, 0.29) is 26.1 Å². The highest BCUT2D eigenvalue weighted by Crippen LogP contribution is 2.46. The highest BCUT2D eigenvalue weighted by atomic mass is 79.9. The van der Waals surface area contributed by atoms with Gasteiger partial charge in [-0.2, -0.15) is 0 Å². The molecule has 0 unspecified atom stereocenters. The summed E-state index contributed by atoms with van der Waals surface area (Å²) in [6.45, 7) is 7.94. The van der Waals surface area contributed by atoms with E-state index in [1.807, 2.05) is 44.2 Å². The lowest BCUT2D eigenvalue weighted by molar-refractivity contribution is -0.171. The van der Waals surface area contributed by atoms with E-state index < -0.39 is 17.4 Å². The molecule has 0 fully saturated rings. The van der Waals surface area contributed by atoms with Gasteiger partial charge in [0.1, 0.15) is 0 Å². The standard InChI is InChI=1S/C31H29BrO4/c1-5-35-29(33)31(30(34)36-6-2)18-26-24(16-13-22-11-7-20(3)8-12-22)25(17-28(32)27(26)19-31)23-14-9-21(4)10-15-23/h7-12,14-15,17H,5-6,18-19H2,1-4H3. The summed E-state index contributed by atoms with van der Waals surface area (Å²) < 4.78 is 11.6. The molecule has 1 aliphatic rings. The first kappa shape index (κ1) is 25.7. The van der Waals surface area contributed by atoms with Gasteiger partial charge < -0.3 is 9.47 Å². The number of benzene rings is 3. The van der Waals surface area contributed by atoms with Gasteiger partial charge in [-0.05, 0) is 68.1 Å². The monoisotopic (exact) mass is 544 g/mol. The second kappa shape index (κ2) is 10.7. The van der Waals surface area contributed by atoms with Crippen LogP contribution in [0.2, 0.25) is 0 Å². The molecule has 0 saturated carbocycles. The normalized spacial score (nSPS) is 13.4. The van der Waals surface area contributed by atoms with Gasteiger partial charge in [0.05, 0.1) is 13.2 Å². The zero-order chi connectivity index (χ0) is 25.9. The highest BCUT2D eigenvalue weighted by molar-refractivity contribution is 9.10. The molecule has 4 rings (SSSR count). The summed E-state index contributed by atoms with van der Waals surface area (Å²) in [4.78, 5) is 26.4. The molecule has 5 heteroatoms. The molecule has 184 valence electrons. The van der Waals surface area contributed by atoms with Gasteiger partial charge in [-0.3, -0.25) is 9.59 Å². The Balaban J connectivity index is 1.92. The maximum absolute atomic E-state index is 13.2. The fraction of sp³-hybridized carbons (Fsp3) is 0.290. The largest absolute Gasteiger partial charge is 0.465 e. The molecule has 4 nitrogen and oxygen atoms in total. The minimum Gasteiger partial charge on any atom is -0.465 e. The van der Waals surface area contributed by atoms with Crippen LogP contribution >= 0.6 is 15.9 Å². The smallest absolute Gasteiger partial charge is 0.324 e. The van der Waals surface area contributed by atoms with E-state index in [2.05, 4.69) is 52.0 Å². The Kier molecular flexibility index (Phi) is 7.66. The summed E-state index contributed by atoms with van der Waals surface area (Å²) in [5, 5.41) is 0. The topological polar surface area (TPSA) is 52.6 Å². The molecule has 1 aliphatic carbocycles.